The third-order valence-electron chi connectivity index (χ3n) is 5.80. The van der Waals surface area contributed by atoms with Crippen molar-refractivity contribution in [3.63, 3.8) is 0 Å². The molecule has 2 bridgehead atoms. The molecule has 4 atom stereocenters. The predicted molar refractivity (Wildman–Crippen MR) is 99.6 cm³/mol. The van der Waals surface area contributed by atoms with Gasteiger partial charge in [0.15, 0.2) is 0 Å². The SMILES string of the molecule is COc1ccc(N2C[C@@]34C=C[C@@H](O3)[C@H](C(=O)NCc3ccco3)[C@@H]4C2=O)cc1. The summed E-state index contributed by atoms with van der Waals surface area (Å²) in [6, 6.07) is 10.9. The number of nitrogens with zero attached hydrogens (tertiary/aromatic N) is 1. The molecule has 3 aliphatic heterocycles. The highest BCUT2D eigenvalue weighted by atomic mass is 16.5. The second-order valence-electron chi connectivity index (χ2n) is 7.32. The van der Waals surface area contributed by atoms with Gasteiger partial charge in [0, 0.05) is 5.69 Å². The van der Waals surface area contributed by atoms with Crippen molar-refractivity contribution in [1.82, 2.24) is 5.32 Å². The molecule has 0 aliphatic carbocycles. The average Bonchev–Trinajstić information content (AvgIpc) is 3.48. The zero-order chi connectivity index (χ0) is 19.3. The molecule has 1 N–H and O–H groups in total. The van der Waals surface area contributed by atoms with Gasteiger partial charge in [-0.2, -0.15) is 0 Å². The van der Waals surface area contributed by atoms with Crippen LogP contribution in [0.25, 0.3) is 0 Å². The van der Waals surface area contributed by atoms with Gasteiger partial charge < -0.3 is 24.1 Å². The van der Waals surface area contributed by atoms with Crippen LogP contribution >= 0.6 is 0 Å². The number of furan rings is 1. The minimum Gasteiger partial charge on any atom is -0.497 e. The average molecular weight is 380 g/mol. The molecule has 3 aliphatic rings. The first-order valence-electron chi connectivity index (χ1n) is 9.24. The van der Waals surface area contributed by atoms with Gasteiger partial charge in [-0.1, -0.05) is 12.2 Å². The van der Waals surface area contributed by atoms with E-state index < -0.39 is 17.4 Å². The molecule has 5 rings (SSSR count). The Bertz CT molecular complexity index is 936. The fourth-order valence-corrected chi connectivity index (χ4v) is 4.48. The Hall–Kier alpha value is -3.06. The molecule has 4 heterocycles. The number of ether oxygens (including phenoxy) is 2. The van der Waals surface area contributed by atoms with Crippen LogP contribution < -0.4 is 15.0 Å². The molecular weight excluding hydrogens is 360 g/mol. The predicted octanol–water partition coefficient (Wildman–Crippen LogP) is 1.89. The number of fused-ring (bicyclic) bond motifs is 1. The number of carbonyl (C=O) groups is 2. The standard InChI is InChI=1S/C21H20N2O5/c1-26-14-6-4-13(5-7-14)23-12-21-9-8-16(28-21)17(18(21)20(23)25)19(24)22-11-15-3-2-10-27-15/h2-10,16-18H,11-12H2,1H3,(H,22,24)/t16-,17+,18-,21-/m1/s1. The lowest BCUT2D eigenvalue weighted by atomic mass is 9.77. The summed E-state index contributed by atoms with van der Waals surface area (Å²) in [5, 5.41) is 2.88. The summed E-state index contributed by atoms with van der Waals surface area (Å²) >= 11 is 0. The molecule has 2 amide bonds. The molecule has 0 unspecified atom stereocenters. The molecule has 0 radical (unpaired) electrons. The molecule has 144 valence electrons. The number of rotatable bonds is 5. The summed E-state index contributed by atoms with van der Waals surface area (Å²) in [4.78, 5) is 27.8. The maximum Gasteiger partial charge on any atom is 0.234 e. The first kappa shape index (κ1) is 17.1. The van der Waals surface area contributed by atoms with Crippen molar-refractivity contribution < 1.29 is 23.5 Å². The zero-order valence-corrected chi connectivity index (χ0v) is 15.3. The van der Waals surface area contributed by atoms with Crippen molar-refractivity contribution in [3.8, 4) is 5.75 Å². The van der Waals surface area contributed by atoms with Crippen molar-refractivity contribution in [2.45, 2.75) is 18.2 Å². The van der Waals surface area contributed by atoms with Gasteiger partial charge in [0.1, 0.15) is 17.1 Å². The van der Waals surface area contributed by atoms with E-state index in [1.165, 1.54) is 0 Å². The lowest BCUT2D eigenvalue weighted by molar-refractivity contribution is -0.132. The molecule has 7 heteroatoms. The van der Waals surface area contributed by atoms with Crippen LogP contribution in [-0.4, -0.2) is 37.2 Å². The maximum absolute atomic E-state index is 13.3. The van der Waals surface area contributed by atoms with Crippen LogP contribution in [0.2, 0.25) is 0 Å². The first-order chi connectivity index (χ1) is 13.6. The van der Waals surface area contributed by atoms with Gasteiger partial charge in [-0.05, 0) is 36.4 Å². The molecule has 2 saturated heterocycles. The molecule has 7 nitrogen and oxygen atoms in total. The Balaban J connectivity index is 1.38. The monoisotopic (exact) mass is 380 g/mol. The van der Waals surface area contributed by atoms with Crippen molar-refractivity contribution in [3.05, 3.63) is 60.6 Å². The van der Waals surface area contributed by atoms with E-state index in [2.05, 4.69) is 5.32 Å². The summed E-state index contributed by atoms with van der Waals surface area (Å²) < 4.78 is 16.6. The number of benzene rings is 1. The number of hydrogen-bond acceptors (Lipinski definition) is 5. The Labute approximate surface area is 161 Å². The number of nitrogens with one attached hydrogen (secondary N) is 1. The minimum atomic E-state index is -0.742. The largest absolute Gasteiger partial charge is 0.497 e. The third kappa shape index (κ3) is 2.46. The molecule has 1 aromatic heterocycles. The first-order valence-corrected chi connectivity index (χ1v) is 9.24. The fourth-order valence-electron chi connectivity index (χ4n) is 4.48. The minimum absolute atomic E-state index is 0.0878. The molecule has 0 saturated carbocycles. The molecule has 2 aromatic rings. The van der Waals surface area contributed by atoms with E-state index in [1.807, 2.05) is 36.4 Å². The van der Waals surface area contributed by atoms with Crippen LogP contribution in [0.15, 0.2) is 59.2 Å². The highest BCUT2D eigenvalue weighted by Crippen LogP contribution is 2.52. The van der Waals surface area contributed by atoms with Gasteiger partial charge in [-0.3, -0.25) is 9.59 Å². The normalized spacial score (nSPS) is 30.0. The van der Waals surface area contributed by atoms with Crippen molar-refractivity contribution >= 4 is 17.5 Å². The second kappa shape index (κ2) is 6.24. The van der Waals surface area contributed by atoms with Crippen molar-refractivity contribution in [2.75, 3.05) is 18.6 Å². The van der Waals surface area contributed by atoms with Gasteiger partial charge in [0.2, 0.25) is 11.8 Å². The third-order valence-corrected chi connectivity index (χ3v) is 5.80. The smallest absolute Gasteiger partial charge is 0.234 e. The van der Waals surface area contributed by atoms with Crippen LogP contribution in [0.4, 0.5) is 5.69 Å². The molecule has 1 spiro atoms. The van der Waals surface area contributed by atoms with Crippen LogP contribution in [0.3, 0.4) is 0 Å². The Morgan fingerprint density at radius 1 is 1.32 bits per heavy atom. The van der Waals surface area contributed by atoms with Gasteiger partial charge in [0.05, 0.1) is 44.4 Å². The lowest BCUT2D eigenvalue weighted by Gasteiger charge is -2.23. The Morgan fingerprint density at radius 3 is 2.86 bits per heavy atom. The number of amides is 2. The van der Waals surface area contributed by atoms with Crippen LogP contribution in [-0.2, 0) is 20.9 Å². The molecular formula is C21H20N2O5. The van der Waals surface area contributed by atoms with Gasteiger partial charge in [-0.25, -0.2) is 0 Å². The van der Waals surface area contributed by atoms with Crippen LogP contribution in [0.1, 0.15) is 5.76 Å². The molecule has 2 fully saturated rings. The van der Waals surface area contributed by atoms with Gasteiger partial charge in [0.25, 0.3) is 0 Å². The molecule has 28 heavy (non-hydrogen) atoms. The van der Waals surface area contributed by atoms with Crippen LogP contribution in [0, 0.1) is 11.8 Å². The number of carbonyl (C=O) groups excluding carboxylic acids is 2. The highest BCUT2D eigenvalue weighted by molar-refractivity contribution is 6.03. The van der Waals surface area contributed by atoms with Gasteiger partial charge in [-0.15, -0.1) is 0 Å². The van der Waals surface area contributed by atoms with E-state index in [9.17, 15) is 9.59 Å². The number of methoxy groups -OCH3 is 1. The van der Waals surface area contributed by atoms with Crippen LogP contribution in [0.5, 0.6) is 5.75 Å². The summed E-state index contributed by atoms with van der Waals surface area (Å²) in [6.45, 7) is 0.687. The highest BCUT2D eigenvalue weighted by Gasteiger charge is 2.67. The number of hydrogen-bond donors (Lipinski definition) is 1. The van der Waals surface area contributed by atoms with Gasteiger partial charge >= 0.3 is 0 Å². The van der Waals surface area contributed by atoms with E-state index in [-0.39, 0.29) is 24.5 Å². The topological polar surface area (TPSA) is 81.0 Å². The maximum atomic E-state index is 13.3. The summed E-state index contributed by atoms with van der Waals surface area (Å²) in [5.74, 6) is 0.0379. The summed E-state index contributed by atoms with van der Waals surface area (Å²) in [6.07, 6.45) is 5.04. The Morgan fingerprint density at radius 2 is 2.14 bits per heavy atom. The van der Waals surface area contributed by atoms with E-state index in [0.29, 0.717) is 12.3 Å². The summed E-state index contributed by atoms with van der Waals surface area (Å²) in [5.41, 5.74) is 0.0266. The van der Waals surface area contributed by atoms with E-state index in [0.717, 1.165) is 11.4 Å². The lowest BCUT2D eigenvalue weighted by Crippen LogP contribution is -2.43. The quantitative estimate of drug-likeness (QED) is 0.802. The second-order valence-corrected chi connectivity index (χ2v) is 7.32. The zero-order valence-electron chi connectivity index (χ0n) is 15.3. The van der Waals surface area contributed by atoms with Crippen molar-refractivity contribution in [2.24, 2.45) is 11.8 Å². The Kier molecular flexibility index (Phi) is 3.80. The fraction of sp³-hybridized carbons (Fsp3) is 0.333. The number of anilines is 1. The van der Waals surface area contributed by atoms with Crippen molar-refractivity contribution in [1.29, 1.82) is 0 Å². The van der Waals surface area contributed by atoms with E-state index in [4.69, 9.17) is 13.9 Å². The van der Waals surface area contributed by atoms with E-state index >= 15 is 0 Å². The molecule has 1 aromatic carbocycles. The van der Waals surface area contributed by atoms with E-state index in [1.54, 1.807) is 30.4 Å². The summed E-state index contributed by atoms with van der Waals surface area (Å²) in [7, 11) is 1.60.